The van der Waals surface area contributed by atoms with E-state index in [1.165, 1.54) is 22.7 Å². The molecule has 30 heavy (non-hydrogen) atoms. The summed E-state index contributed by atoms with van der Waals surface area (Å²) in [5.74, 6) is -0.421. The average molecular weight is 483 g/mol. The second-order valence-electron chi connectivity index (χ2n) is 6.77. The quantitative estimate of drug-likeness (QED) is 0.563. The normalized spacial score (nSPS) is 13.3. The van der Waals surface area contributed by atoms with Gasteiger partial charge >= 0.3 is 0 Å². The molecule has 2 aromatic heterocycles. The lowest BCUT2D eigenvalue weighted by molar-refractivity contribution is 0.0954. The van der Waals surface area contributed by atoms with Gasteiger partial charge in [0.2, 0.25) is 0 Å². The number of carbonyl (C=O) groups excluding carboxylic acids is 2. The van der Waals surface area contributed by atoms with Crippen LogP contribution in [-0.4, -0.2) is 35.3 Å². The summed E-state index contributed by atoms with van der Waals surface area (Å²) >= 11 is 8.57. The summed E-state index contributed by atoms with van der Waals surface area (Å²) < 4.78 is 0.570. The fourth-order valence-corrected chi connectivity index (χ4v) is 5.13. The third-order valence-electron chi connectivity index (χ3n) is 4.62. The largest absolute Gasteiger partial charge is 0.347 e. The standard InChI is InChI=1S/C20H19ClN4O2S2.ClH/c1-25-9-8-14-16(11-25)29-20(24-14)19(27)23-13-5-3-2-4-12(13)10-22-18(26)15-6-7-17(21)28-15;/h2-7H,8-11H2,1H3,(H,22,26)(H,23,27);1H. The van der Waals surface area contributed by atoms with E-state index in [1.807, 2.05) is 24.3 Å². The van der Waals surface area contributed by atoms with E-state index in [-0.39, 0.29) is 24.2 Å². The molecule has 1 aliphatic rings. The summed E-state index contributed by atoms with van der Waals surface area (Å²) in [4.78, 5) is 33.5. The molecule has 2 N–H and O–H groups in total. The van der Waals surface area contributed by atoms with Crippen LogP contribution in [0, 0.1) is 0 Å². The fourth-order valence-electron chi connectivity index (χ4n) is 3.09. The van der Waals surface area contributed by atoms with Crippen molar-refractivity contribution in [1.29, 1.82) is 0 Å². The molecular weight excluding hydrogens is 463 g/mol. The van der Waals surface area contributed by atoms with Crippen LogP contribution in [0.25, 0.3) is 0 Å². The maximum atomic E-state index is 12.8. The van der Waals surface area contributed by atoms with Gasteiger partial charge in [0, 0.05) is 36.6 Å². The predicted octanol–water partition coefficient (Wildman–Crippen LogP) is 4.45. The monoisotopic (exact) mass is 482 g/mol. The highest BCUT2D eigenvalue weighted by molar-refractivity contribution is 7.18. The number of hydrogen-bond acceptors (Lipinski definition) is 6. The second kappa shape index (κ2) is 9.89. The molecular formula is C20H20Cl2N4O2S2. The minimum Gasteiger partial charge on any atom is -0.347 e. The summed E-state index contributed by atoms with van der Waals surface area (Å²) in [6.07, 6.45) is 0.866. The zero-order valence-corrected chi connectivity index (χ0v) is 19.3. The average Bonchev–Trinajstić information content (AvgIpc) is 3.33. The number of halogens is 2. The zero-order chi connectivity index (χ0) is 20.4. The summed E-state index contributed by atoms with van der Waals surface area (Å²) in [5, 5.41) is 6.28. The first kappa shape index (κ1) is 22.7. The van der Waals surface area contributed by atoms with Crippen molar-refractivity contribution >= 4 is 64.2 Å². The Morgan fingerprint density at radius 2 is 1.97 bits per heavy atom. The summed E-state index contributed by atoms with van der Waals surface area (Å²) in [7, 11) is 2.07. The van der Waals surface area contributed by atoms with E-state index >= 15 is 0 Å². The van der Waals surface area contributed by atoms with Crippen LogP contribution in [0.5, 0.6) is 0 Å². The molecule has 0 bridgehead atoms. The van der Waals surface area contributed by atoms with Gasteiger partial charge in [-0.15, -0.1) is 35.1 Å². The molecule has 0 saturated carbocycles. The van der Waals surface area contributed by atoms with Gasteiger partial charge in [0.05, 0.1) is 14.9 Å². The molecule has 0 aliphatic carbocycles. The van der Waals surface area contributed by atoms with E-state index in [9.17, 15) is 9.59 Å². The molecule has 4 rings (SSSR count). The third-order valence-corrected chi connectivity index (χ3v) is 6.93. The Morgan fingerprint density at radius 3 is 2.73 bits per heavy atom. The number of fused-ring (bicyclic) bond motifs is 1. The molecule has 0 spiro atoms. The summed E-state index contributed by atoms with van der Waals surface area (Å²) in [6, 6.07) is 10.8. The first-order valence-electron chi connectivity index (χ1n) is 9.09. The SMILES string of the molecule is CN1CCc2nc(C(=O)Nc3ccccc3CNC(=O)c3ccc(Cl)s3)sc2C1.Cl. The number of hydrogen-bond donors (Lipinski definition) is 2. The maximum absolute atomic E-state index is 12.8. The smallest absolute Gasteiger partial charge is 0.284 e. The Hall–Kier alpha value is -1.97. The molecule has 2 amide bonds. The van der Waals surface area contributed by atoms with Gasteiger partial charge in [0.25, 0.3) is 11.8 Å². The van der Waals surface area contributed by atoms with Crippen molar-refractivity contribution in [3.05, 3.63) is 66.8 Å². The highest BCUT2D eigenvalue weighted by Crippen LogP contribution is 2.26. The molecule has 1 aromatic carbocycles. The highest BCUT2D eigenvalue weighted by Gasteiger charge is 2.22. The third kappa shape index (κ3) is 5.19. The number of carbonyl (C=O) groups is 2. The van der Waals surface area contributed by atoms with Gasteiger partial charge in [0.15, 0.2) is 5.01 Å². The molecule has 0 fully saturated rings. The molecule has 6 nitrogen and oxygen atoms in total. The first-order valence-corrected chi connectivity index (χ1v) is 11.1. The van der Waals surface area contributed by atoms with Crippen LogP contribution in [-0.2, 0) is 19.5 Å². The van der Waals surface area contributed by atoms with Crippen LogP contribution in [0.4, 0.5) is 5.69 Å². The van der Waals surface area contributed by atoms with Gasteiger partial charge in [-0.05, 0) is 30.8 Å². The number of nitrogens with zero attached hydrogens (tertiary/aromatic N) is 2. The van der Waals surface area contributed by atoms with Gasteiger partial charge in [-0.3, -0.25) is 9.59 Å². The van der Waals surface area contributed by atoms with Crippen LogP contribution >= 0.6 is 46.7 Å². The molecule has 1 aliphatic heterocycles. The Balaban J connectivity index is 0.00000256. The Labute approximate surface area is 193 Å². The van der Waals surface area contributed by atoms with Gasteiger partial charge in [-0.25, -0.2) is 4.98 Å². The van der Waals surface area contributed by atoms with Crippen molar-refractivity contribution in [2.24, 2.45) is 0 Å². The minimum atomic E-state index is -0.226. The predicted molar refractivity (Wildman–Crippen MR) is 124 cm³/mol. The van der Waals surface area contributed by atoms with Gasteiger partial charge in [0.1, 0.15) is 0 Å². The van der Waals surface area contributed by atoms with Crippen LogP contribution in [0.1, 0.15) is 35.6 Å². The van der Waals surface area contributed by atoms with Crippen molar-refractivity contribution in [3.8, 4) is 0 Å². The molecule has 0 saturated heterocycles. The van der Waals surface area contributed by atoms with Crippen LogP contribution in [0.15, 0.2) is 36.4 Å². The van der Waals surface area contributed by atoms with E-state index in [0.717, 1.165) is 35.6 Å². The minimum absolute atomic E-state index is 0. The second-order valence-corrected chi connectivity index (χ2v) is 9.57. The van der Waals surface area contributed by atoms with Gasteiger partial charge < -0.3 is 15.5 Å². The topological polar surface area (TPSA) is 74.3 Å². The number of thiazole rings is 1. The van der Waals surface area contributed by atoms with E-state index in [0.29, 0.717) is 26.5 Å². The number of rotatable bonds is 5. The van der Waals surface area contributed by atoms with Crippen molar-refractivity contribution in [1.82, 2.24) is 15.2 Å². The fraction of sp³-hybridized carbons (Fsp3) is 0.250. The maximum Gasteiger partial charge on any atom is 0.284 e. The summed E-state index contributed by atoms with van der Waals surface area (Å²) in [5.41, 5.74) is 2.50. The Bertz CT molecular complexity index is 1070. The van der Waals surface area contributed by atoms with Crippen molar-refractivity contribution in [2.75, 3.05) is 18.9 Å². The van der Waals surface area contributed by atoms with Crippen molar-refractivity contribution < 1.29 is 9.59 Å². The number of anilines is 1. The number of likely N-dealkylation sites (N-methyl/N-ethyl adjacent to an activating group) is 1. The van der Waals surface area contributed by atoms with E-state index in [1.54, 1.807) is 12.1 Å². The summed E-state index contributed by atoms with van der Waals surface area (Å²) in [6.45, 7) is 2.08. The molecule has 158 valence electrons. The molecule has 3 heterocycles. The molecule has 0 unspecified atom stereocenters. The highest BCUT2D eigenvalue weighted by atomic mass is 35.5. The van der Waals surface area contributed by atoms with Gasteiger partial charge in [-0.1, -0.05) is 29.8 Å². The zero-order valence-electron chi connectivity index (χ0n) is 16.1. The van der Waals surface area contributed by atoms with E-state index < -0.39 is 0 Å². The van der Waals surface area contributed by atoms with E-state index in [2.05, 4.69) is 27.6 Å². The lowest BCUT2D eigenvalue weighted by Gasteiger charge is -2.20. The Morgan fingerprint density at radius 1 is 1.17 bits per heavy atom. The molecule has 0 atom stereocenters. The van der Waals surface area contributed by atoms with Crippen LogP contribution in [0.2, 0.25) is 4.34 Å². The van der Waals surface area contributed by atoms with Crippen molar-refractivity contribution in [2.45, 2.75) is 19.5 Å². The van der Waals surface area contributed by atoms with Crippen molar-refractivity contribution in [3.63, 3.8) is 0 Å². The van der Waals surface area contributed by atoms with Crippen LogP contribution in [0.3, 0.4) is 0 Å². The number of amides is 2. The molecule has 0 radical (unpaired) electrons. The lowest BCUT2D eigenvalue weighted by Crippen LogP contribution is -2.25. The van der Waals surface area contributed by atoms with E-state index in [4.69, 9.17) is 11.6 Å². The molecule has 10 heteroatoms. The van der Waals surface area contributed by atoms with Crippen LogP contribution < -0.4 is 10.6 Å². The number of aromatic nitrogens is 1. The first-order chi connectivity index (χ1) is 14.0. The number of nitrogens with one attached hydrogen (secondary N) is 2. The number of benzene rings is 1. The molecule has 3 aromatic rings. The lowest BCUT2D eigenvalue weighted by atomic mass is 10.1. The van der Waals surface area contributed by atoms with Gasteiger partial charge in [-0.2, -0.15) is 0 Å². The Kier molecular flexibility index (Phi) is 7.49. The number of para-hydroxylation sites is 1. The number of thiophene rings is 1.